The molecule has 16 heavy (non-hydrogen) atoms. The molecule has 0 aliphatic heterocycles. The molecule has 1 aromatic heterocycles. The zero-order valence-electron chi connectivity index (χ0n) is 8.60. The van der Waals surface area contributed by atoms with Crippen LogP contribution in [-0.4, -0.2) is 4.98 Å². The maximum absolute atomic E-state index is 5.79. The van der Waals surface area contributed by atoms with Gasteiger partial charge in [0.1, 0.15) is 0 Å². The topological polar surface area (TPSA) is 50.9 Å². The van der Waals surface area contributed by atoms with Crippen molar-refractivity contribution in [1.82, 2.24) is 10.4 Å². The maximum Gasteiger partial charge on any atom is 0.0881 e. The van der Waals surface area contributed by atoms with Gasteiger partial charge in [0, 0.05) is 6.20 Å². The fourth-order valence-corrected chi connectivity index (χ4v) is 1.67. The normalized spacial score (nSPS) is 12.4. The minimum absolute atomic E-state index is 0.113. The predicted molar refractivity (Wildman–Crippen MR) is 64.9 cm³/mol. The van der Waals surface area contributed by atoms with Gasteiger partial charge in [0.2, 0.25) is 0 Å². The molecule has 0 radical (unpaired) electrons. The second-order valence-corrected chi connectivity index (χ2v) is 3.85. The van der Waals surface area contributed by atoms with Crippen molar-refractivity contribution in [1.29, 1.82) is 0 Å². The molecule has 82 valence electrons. The lowest BCUT2D eigenvalue weighted by atomic mass is 10.0. The van der Waals surface area contributed by atoms with E-state index in [1.807, 2.05) is 36.4 Å². The van der Waals surface area contributed by atoms with E-state index in [0.717, 1.165) is 11.3 Å². The second kappa shape index (κ2) is 5.07. The van der Waals surface area contributed by atoms with Gasteiger partial charge in [-0.15, -0.1) is 0 Å². The van der Waals surface area contributed by atoms with Gasteiger partial charge in [-0.2, -0.15) is 0 Å². The molecule has 0 aliphatic carbocycles. The summed E-state index contributed by atoms with van der Waals surface area (Å²) in [6, 6.07) is 13.5. The van der Waals surface area contributed by atoms with Gasteiger partial charge in [0.15, 0.2) is 0 Å². The Morgan fingerprint density at radius 3 is 2.44 bits per heavy atom. The molecule has 0 saturated heterocycles. The summed E-state index contributed by atoms with van der Waals surface area (Å²) in [5.41, 5.74) is 4.66. The smallest absolute Gasteiger partial charge is 0.0881 e. The highest BCUT2D eigenvalue weighted by Gasteiger charge is 2.12. The first-order chi connectivity index (χ1) is 7.81. The predicted octanol–water partition coefficient (Wildman–Crippen LogP) is 2.29. The molecule has 4 heteroatoms. The minimum atomic E-state index is -0.113. The van der Waals surface area contributed by atoms with E-state index < -0.39 is 0 Å². The number of hydrogen-bond donors (Lipinski definition) is 2. The van der Waals surface area contributed by atoms with Crippen molar-refractivity contribution in [3.05, 3.63) is 64.9 Å². The van der Waals surface area contributed by atoms with Gasteiger partial charge in [-0.1, -0.05) is 41.9 Å². The van der Waals surface area contributed by atoms with Crippen molar-refractivity contribution in [3.8, 4) is 0 Å². The molecule has 2 rings (SSSR count). The summed E-state index contributed by atoms with van der Waals surface area (Å²) in [4.78, 5) is 4.25. The molecule has 0 amide bonds. The zero-order valence-corrected chi connectivity index (χ0v) is 9.35. The van der Waals surface area contributed by atoms with Crippen LogP contribution in [0.5, 0.6) is 0 Å². The monoisotopic (exact) mass is 233 g/mol. The van der Waals surface area contributed by atoms with E-state index in [4.69, 9.17) is 17.4 Å². The largest absolute Gasteiger partial charge is 0.271 e. The van der Waals surface area contributed by atoms with E-state index in [9.17, 15) is 0 Å². The average Bonchev–Trinajstić information content (AvgIpc) is 2.34. The van der Waals surface area contributed by atoms with Crippen LogP contribution >= 0.6 is 11.6 Å². The van der Waals surface area contributed by atoms with Gasteiger partial charge in [-0.05, 0) is 17.7 Å². The molecule has 2 aromatic rings. The summed E-state index contributed by atoms with van der Waals surface area (Å²) in [6.45, 7) is 0. The summed E-state index contributed by atoms with van der Waals surface area (Å²) < 4.78 is 0. The molecule has 0 spiro atoms. The van der Waals surface area contributed by atoms with Crippen LogP contribution in [0.25, 0.3) is 0 Å². The molecular formula is C12H12ClN3. The molecule has 0 fully saturated rings. The van der Waals surface area contributed by atoms with Gasteiger partial charge in [0.05, 0.1) is 16.8 Å². The first-order valence-electron chi connectivity index (χ1n) is 4.94. The van der Waals surface area contributed by atoms with E-state index >= 15 is 0 Å². The SMILES string of the molecule is NNC(c1ccccc1)c1ccc(Cl)cn1. The highest BCUT2D eigenvalue weighted by atomic mass is 35.5. The van der Waals surface area contributed by atoms with Gasteiger partial charge >= 0.3 is 0 Å². The van der Waals surface area contributed by atoms with Crippen molar-refractivity contribution in [3.63, 3.8) is 0 Å². The molecule has 3 nitrogen and oxygen atoms in total. The van der Waals surface area contributed by atoms with Crippen molar-refractivity contribution < 1.29 is 0 Å². The molecular weight excluding hydrogens is 222 g/mol. The number of halogens is 1. The molecule has 1 atom stereocenters. The van der Waals surface area contributed by atoms with Crippen LogP contribution in [0.4, 0.5) is 0 Å². The van der Waals surface area contributed by atoms with E-state index in [-0.39, 0.29) is 6.04 Å². The third-order valence-electron chi connectivity index (χ3n) is 2.35. The van der Waals surface area contributed by atoms with Gasteiger partial charge in [-0.3, -0.25) is 10.8 Å². The van der Waals surface area contributed by atoms with Crippen LogP contribution in [0.2, 0.25) is 5.02 Å². The Labute approximate surface area is 99.2 Å². The molecule has 1 heterocycles. The third kappa shape index (κ3) is 2.39. The van der Waals surface area contributed by atoms with E-state index in [1.54, 1.807) is 12.3 Å². The molecule has 0 saturated carbocycles. The first-order valence-corrected chi connectivity index (χ1v) is 5.31. The fraction of sp³-hybridized carbons (Fsp3) is 0.0833. The van der Waals surface area contributed by atoms with E-state index in [1.165, 1.54) is 0 Å². The molecule has 0 bridgehead atoms. The van der Waals surface area contributed by atoms with Crippen LogP contribution in [0.3, 0.4) is 0 Å². The van der Waals surface area contributed by atoms with Gasteiger partial charge in [0.25, 0.3) is 0 Å². The second-order valence-electron chi connectivity index (χ2n) is 3.41. The summed E-state index contributed by atoms with van der Waals surface area (Å²) in [7, 11) is 0. The van der Waals surface area contributed by atoms with Crippen molar-refractivity contribution in [2.24, 2.45) is 5.84 Å². The van der Waals surface area contributed by atoms with E-state index in [0.29, 0.717) is 5.02 Å². The Morgan fingerprint density at radius 1 is 1.12 bits per heavy atom. The summed E-state index contributed by atoms with van der Waals surface area (Å²) in [5, 5.41) is 0.618. The van der Waals surface area contributed by atoms with Crippen LogP contribution in [0.1, 0.15) is 17.3 Å². The quantitative estimate of drug-likeness (QED) is 0.632. The number of benzene rings is 1. The minimum Gasteiger partial charge on any atom is -0.271 e. The number of pyridine rings is 1. The first kappa shape index (κ1) is 11.1. The van der Waals surface area contributed by atoms with Crippen LogP contribution in [0, 0.1) is 0 Å². The fourth-order valence-electron chi connectivity index (χ4n) is 1.56. The average molecular weight is 234 g/mol. The number of aromatic nitrogens is 1. The number of rotatable bonds is 3. The van der Waals surface area contributed by atoms with Gasteiger partial charge < -0.3 is 0 Å². The third-order valence-corrected chi connectivity index (χ3v) is 2.57. The summed E-state index contributed by atoms with van der Waals surface area (Å²) in [5.74, 6) is 5.55. The number of nitrogens with zero attached hydrogens (tertiary/aromatic N) is 1. The van der Waals surface area contributed by atoms with Crippen molar-refractivity contribution in [2.45, 2.75) is 6.04 Å². The summed E-state index contributed by atoms with van der Waals surface area (Å²) in [6.07, 6.45) is 1.62. The van der Waals surface area contributed by atoms with Crippen LogP contribution < -0.4 is 11.3 Å². The maximum atomic E-state index is 5.79. The van der Waals surface area contributed by atoms with Crippen molar-refractivity contribution >= 4 is 11.6 Å². The molecule has 3 N–H and O–H groups in total. The highest BCUT2D eigenvalue weighted by molar-refractivity contribution is 6.30. The Bertz CT molecular complexity index is 442. The Hall–Kier alpha value is -1.42. The number of nitrogens with two attached hydrogens (primary N) is 1. The van der Waals surface area contributed by atoms with Crippen LogP contribution in [0.15, 0.2) is 48.7 Å². The lowest BCUT2D eigenvalue weighted by molar-refractivity contribution is 0.621. The van der Waals surface area contributed by atoms with Gasteiger partial charge in [-0.25, -0.2) is 5.43 Å². The van der Waals surface area contributed by atoms with Crippen LogP contribution in [-0.2, 0) is 0 Å². The molecule has 1 unspecified atom stereocenters. The standard InChI is InChI=1S/C12H12ClN3/c13-10-6-7-11(15-8-10)12(16-14)9-4-2-1-3-5-9/h1-8,12,16H,14H2. The number of hydrogen-bond acceptors (Lipinski definition) is 3. The molecule has 1 aromatic carbocycles. The summed E-state index contributed by atoms with van der Waals surface area (Å²) >= 11 is 5.79. The lowest BCUT2D eigenvalue weighted by Gasteiger charge is -2.15. The Kier molecular flexibility index (Phi) is 3.51. The van der Waals surface area contributed by atoms with E-state index in [2.05, 4.69) is 10.4 Å². The highest BCUT2D eigenvalue weighted by Crippen LogP contribution is 2.20. The Morgan fingerprint density at radius 2 is 1.88 bits per heavy atom. The van der Waals surface area contributed by atoms with Crippen molar-refractivity contribution in [2.75, 3.05) is 0 Å². The zero-order chi connectivity index (χ0) is 11.4. The lowest BCUT2D eigenvalue weighted by Crippen LogP contribution is -2.29. The number of nitrogens with one attached hydrogen (secondary N) is 1. The number of hydrazine groups is 1. The molecule has 0 aliphatic rings. The Balaban J connectivity index is 2.33.